The molecule has 0 saturated heterocycles. The zero-order valence-electron chi connectivity index (χ0n) is 7.31. The highest BCUT2D eigenvalue weighted by molar-refractivity contribution is 14.1. The molecule has 1 rings (SSSR count). The number of hydrogen-bond donors (Lipinski definition) is 0. The summed E-state index contributed by atoms with van der Waals surface area (Å²) in [5, 5.41) is 0. The molecule has 0 saturated carbocycles. The van der Waals surface area contributed by atoms with Crippen molar-refractivity contribution in [2.45, 2.75) is 13.3 Å². The predicted octanol–water partition coefficient (Wildman–Crippen LogP) is 2.95. The third-order valence-corrected chi connectivity index (χ3v) is 3.25. The fraction of sp³-hybridized carbons (Fsp3) is 0.300. The van der Waals surface area contributed by atoms with Crippen LogP contribution in [-0.2, 0) is 11.2 Å². The molecule has 70 valence electrons. The van der Waals surface area contributed by atoms with Crippen LogP contribution < -0.4 is 0 Å². The number of carbonyl (C=O) groups excluding carboxylic acids is 1. The molecule has 0 radical (unpaired) electrons. The van der Waals surface area contributed by atoms with Crippen LogP contribution in [0.15, 0.2) is 18.2 Å². The molecule has 1 aromatic rings. The van der Waals surface area contributed by atoms with Gasteiger partial charge in [0.05, 0.1) is 5.88 Å². The Hall–Kier alpha value is -0.0900. The van der Waals surface area contributed by atoms with Crippen molar-refractivity contribution in [2.24, 2.45) is 0 Å². The van der Waals surface area contributed by atoms with Crippen molar-refractivity contribution in [1.82, 2.24) is 0 Å². The molecule has 0 N–H and O–H groups in total. The largest absolute Gasteiger partial charge is 0.298 e. The minimum Gasteiger partial charge on any atom is -0.298 e. The topological polar surface area (TPSA) is 17.1 Å². The first-order valence-corrected chi connectivity index (χ1v) is 5.57. The van der Waals surface area contributed by atoms with Crippen LogP contribution in [0.1, 0.15) is 11.1 Å². The summed E-state index contributed by atoms with van der Waals surface area (Å²) in [6.45, 7) is 2.05. The molecule has 3 heteroatoms. The summed E-state index contributed by atoms with van der Waals surface area (Å²) in [7, 11) is 0. The lowest BCUT2D eigenvalue weighted by atomic mass is 10.1. The number of halogens is 2. The molecule has 13 heavy (non-hydrogen) atoms. The first kappa shape index (κ1) is 11.0. The second-order valence-corrected chi connectivity index (χ2v) is 4.36. The standard InChI is InChI=1S/C10H10ClIO/c1-7-2-3-8(5-10(7)12)4-9(13)6-11/h2-3,5H,4,6H2,1H3. The lowest BCUT2D eigenvalue weighted by molar-refractivity contribution is -0.116. The first-order valence-electron chi connectivity index (χ1n) is 3.96. The van der Waals surface area contributed by atoms with Crippen molar-refractivity contribution in [2.75, 3.05) is 5.88 Å². The summed E-state index contributed by atoms with van der Waals surface area (Å²) in [5.41, 5.74) is 2.28. The van der Waals surface area contributed by atoms with Crippen molar-refractivity contribution in [3.8, 4) is 0 Å². The number of ketones is 1. The zero-order chi connectivity index (χ0) is 9.84. The summed E-state index contributed by atoms with van der Waals surface area (Å²) >= 11 is 7.69. The van der Waals surface area contributed by atoms with Gasteiger partial charge in [0.2, 0.25) is 0 Å². The second-order valence-electron chi connectivity index (χ2n) is 2.93. The minimum absolute atomic E-state index is 0.0707. The van der Waals surface area contributed by atoms with Gasteiger partial charge in [-0.25, -0.2) is 0 Å². The van der Waals surface area contributed by atoms with E-state index in [0.717, 1.165) is 5.56 Å². The van der Waals surface area contributed by atoms with E-state index in [1.807, 2.05) is 18.2 Å². The number of hydrogen-bond acceptors (Lipinski definition) is 1. The maximum absolute atomic E-state index is 11.0. The summed E-state index contributed by atoms with van der Waals surface area (Å²) in [6.07, 6.45) is 0.444. The summed E-state index contributed by atoms with van der Waals surface area (Å²) in [5.74, 6) is 0.172. The lowest BCUT2D eigenvalue weighted by Gasteiger charge is -2.02. The molecule has 0 amide bonds. The maximum atomic E-state index is 11.0. The molecule has 1 nitrogen and oxygen atoms in total. The Labute approximate surface area is 96.6 Å². The normalized spacial score (nSPS) is 10.1. The van der Waals surface area contributed by atoms with Gasteiger partial charge in [0, 0.05) is 9.99 Å². The highest BCUT2D eigenvalue weighted by atomic mass is 127. The van der Waals surface area contributed by atoms with Gasteiger partial charge in [0.1, 0.15) is 0 Å². The fourth-order valence-electron chi connectivity index (χ4n) is 1.02. The predicted molar refractivity (Wildman–Crippen MR) is 63.3 cm³/mol. The van der Waals surface area contributed by atoms with Crippen molar-refractivity contribution >= 4 is 40.0 Å². The van der Waals surface area contributed by atoms with Gasteiger partial charge in [-0.15, -0.1) is 11.6 Å². The van der Waals surface area contributed by atoms with Crippen molar-refractivity contribution in [1.29, 1.82) is 0 Å². The van der Waals surface area contributed by atoms with Crippen LogP contribution in [0.5, 0.6) is 0 Å². The van der Waals surface area contributed by atoms with Gasteiger partial charge in [-0.1, -0.05) is 12.1 Å². The number of aryl methyl sites for hydroxylation is 1. The SMILES string of the molecule is Cc1ccc(CC(=O)CCl)cc1I. The van der Waals surface area contributed by atoms with Gasteiger partial charge in [-0.05, 0) is 46.7 Å². The van der Waals surface area contributed by atoms with Crippen molar-refractivity contribution < 1.29 is 4.79 Å². The Morgan fingerprint density at radius 1 is 1.54 bits per heavy atom. The molecule has 0 unspecified atom stereocenters. The number of Topliss-reactive ketones (excluding diaryl/α,β-unsaturated/α-hetero) is 1. The van der Waals surface area contributed by atoms with Crippen LogP contribution >= 0.6 is 34.2 Å². The molecule has 0 aromatic heterocycles. The van der Waals surface area contributed by atoms with Crippen molar-refractivity contribution in [3.05, 3.63) is 32.9 Å². The molecular weight excluding hydrogens is 298 g/mol. The summed E-state index contributed by atoms with van der Waals surface area (Å²) < 4.78 is 1.19. The molecule has 0 bridgehead atoms. The van der Waals surface area contributed by atoms with E-state index in [0.29, 0.717) is 6.42 Å². The highest BCUT2D eigenvalue weighted by Gasteiger charge is 2.03. The van der Waals surface area contributed by atoms with Crippen LogP contribution in [0.3, 0.4) is 0 Å². The van der Waals surface area contributed by atoms with E-state index >= 15 is 0 Å². The number of benzene rings is 1. The number of carbonyl (C=O) groups is 1. The van der Waals surface area contributed by atoms with Crippen LogP contribution in [0.2, 0.25) is 0 Å². The Balaban J connectivity index is 2.79. The Bertz CT molecular complexity index is 323. The van der Waals surface area contributed by atoms with Gasteiger partial charge in [-0.3, -0.25) is 4.79 Å². The van der Waals surface area contributed by atoms with Crippen LogP contribution in [0, 0.1) is 10.5 Å². The zero-order valence-corrected chi connectivity index (χ0v) is 10.2. The van der Waals surface area contributed by atoms with Gasteiger partial charge >= 0.3 is 0 Å². The van der Waals surface area contributed by atoms with Gasteiger partial charge < -0.3 is 0 Å². The Morgan fingerprint density at radius 2 is 2.23 bits per heavy atom. The number of rotatable bonds is 3. The monoisotopic (exact) mass is 308 g/mol. The fourth-order valence-corrected chi connectivity index (χ4v) is 1.70. The molecule has 0 aliphatic carbocycles. The molecule has 0 atom stereocenters. The summed E-state index contributed by atoms with van der Waals surface area (Å²) in [4.78, 5) is 11.0. The van der Waals surface area contributed by atoms with Gasteiger partial charge in [0.25, 0.3) is 0 Å². The van der Waals surface area contributed by atoms with E-state index in [1.54, 1.807) is 0 Å². The Morgan fingerprint density at radius 3 is 2.77 bits per heavy atom. The van der Waals surface area contributed by atoms with Crippen LogP contribution in [0.25, 0.3) is 0 Å². The maximum Gasteiger partial charge on any atom is 0.151 e. The number of alkyl halides is 1. The van der Waals surface area contributed by atoms with Crippen LogP contribution in [0.4, 0.5) is 0 Å². The van der Waals surface area contributed by atoms with E-state index in [2.05, 4.69) is 29.5 Å². The molecule has 0 aliphatic heterocycles. The van der Waals surface area contributed by atoms with E-state index in [-0.39, 0.29) is 11.7 Å². The quantitative estimate of drug-likeness (QED) is 0.620. The highest BCUT2D eigenvalue weighted by Crippen LogP contribution is 2.14. The summed E-state index contributed by atoms with van der Waals surface area (Å²) in [6, 6.07) is 6.03. The van der Waals surface area contributed by atoms with Gasteiger partial charge in [0.15, 0.2) is 5.78 Å². The third kappa shape index (κ3) is 3.27. The van der Waals surface area contributed by atoms with E-state index in [9.17, 15) is 4.79 Å². The molecule has 0 fully saturated rings. The van der Waals surface area contributed by atoms with E-state index < -0.39 is 0 Å². The molecule has 1 aromatic carbocycles. The molecule has 0 spiro atoms. The molecule has 0 aliphatic rings. The van der Waals surface area contributed by atoms with Crippen molar-refractivity contribution in [3.63, 3.8) is 0 Å². The average molecular weight is 309 g/mol. The van der Waals surface area contributed by atoms with E-state index in [4.69, 9.17) is 11.6 Å². The van der Waals surface area contributed by atoms with E-state index in [1.165, 1.54) is 9.13 Å². The first-order chi connectivity index (χ1) is 6.13. The smallest absolute Gasteiger partial charge is 0.151 e. The third-order valence-electron chi connectivity index (χ3n) is 1.79. The molecular formula is C10H10ClIO. The van der Waals surface area contributed by atoms with Gasteiger partial charge in [-0.2, -0.15) is 0 Å². The minimum atomic E-state index is 0.0707. The van der Waals surface area contributed by atoms with Crippen LogP contribution in [-0.4, -0.2) is 11.7 Å². The lowest BCUT2D eigenvalue weighted by Crippen LogP contribution is -2.03. The average Bonchev–Trinajstić information content (AvgIpc) is 2.11. The Kier molecular flexibility index (Phi) is 4.19. The second kappa shape index (κ2) is 4.96. The molecule has 0 heterocycles.